The number of aryl methyl sites for hydroxylation is 2. The van der Waals surface area contributed by atoms with E-state index in [1.54, 1.807) is 32.2 Å². The van der Waals surface area contributed by atoms with E-state index in [1.807, 2.05) is 31.2 Å². The molecule has 0 spiro atoms. The van der Waals surface area contributed by atoms with Crippen LogP contribution in [-0.2, 0) is 29.3 Å². The zero-order valence-electron chi connectivity index (χ0n) is 22.6. The Kier molecular flexibility index (Phi) is 8.35. The molecule has 39 heavy (non-hydrogen) atoms. The Morgan fingerprint density at radius 3 is 2.49 bits per heavy atom. The molecule has 202 valence electrons. The second-order valence-corrected chi connectivity index (χ2v) is 11.1. The van der Waals surface area contributed by atoms with Crippen molar-refractivity contribution >= 4 is 40.3 Å². The number of rotatable bonds is 10. The largest absolute Gasteiger partial charge is 0.456 e. The monoisotopic (exact) mass is 545 g/mol. The summed E-state index contributed by atoms with van der Waals surface area (Å²) >= 11 is 0. The lowest BCUT2D eigenvalue weighted by molar-refractivity contribution is 0.0978. The molecule has 0 atom stereocenters. The lowest BCUT2D eigenvalue weighted by atomic mass is 9.94. The number of nitrogens with one attached hydrogen (secondary N) is 3. The second kappa shape index (κ2) is 11.5. The first-order valence-electron chi connectivity index (χ1n) is 13.1. The molecule has 0 aliphatic rings. The molecule has 4 aromatic rings. The van der Waals surface area contributed by atoms with E-state index >= 15 is 0 Å². The summed E-state index contributed by atoms with van der Waals surface area (Å²) in [7, 11) is 1.31. The first kappa shape index (κ1) is 28.2. The Bertz CT molecular complexity index is 1710. The number of amides is 1. The third-order valence-corrected chi connectivity index (χ3v) is 8.16. The Labute approximate surface area is 229 Å². The Morgan fingerprint density at radius 1 is 1.05 bits per heavy atom. The molecule has 2 aromatic heterocycles. The molecule has 0 fully saturated rings. The summed E-state index contributed by atoms with van der Waals surface area (Å²) < 4.78 is 35.5. The average molecular weight is 545 g/mol. The van der Waals surface area contributed by atoms with Crippen LogP contribution in [0.5, 0.6) is 11.5 Å². The van der Waals surface area contributed by atoms with E-state index in [-0.39, 0.29) is 28.9 Å². The summed E-state index contributed by atoms with van der Waals surface area (Å²) in [5.41, 5.74) is 2.56. The predicted molar refractivity (Wildman–Crippen MR) is 154 cm³/mol. The van der Waals surface area contributed by atoms with Crippen molar-refractivity contribution in [3.8, 4) is 11.5 Å². The molecule has 0 saturated heterocycles. The van der Waals surface area contributed by atoms with Gasteiger partial charge in [-0.05, 0) is 78.3 Å². The smallest absolute Gasteiger partial charge is 0.270 e. The van der Waals surface area contributed by atoms with Crippen molar-refractivity contribution in [3.05, 3.63) is 80.8 Å². The average Bonchev–Trinajstić information content (AvgIpc) is 3.36. The minimum atomic E-state index is -4.55. The molecule has 2 heterocycles. The summed E-state index contributed by atoms with van der Waals surface area (Å²) in [6.07, 6.45) is 4.95. The molecule has 8 nitrogen and oxygen atoms in total. The van der Waals surface area contributed by atoms with E-state index in [0.29, 0.717) is 23.3 Å². The molecule has 0 saturated carbocycles. The fraction of sp³-hybridized carbons (Fsp3) is 0.310. The van der Waals surface area contributed by atoms with Crippen molar-refractivity contribution in [1.29, 1.82) is 0 Å². The molecular formula is C29H32BN3O5S. The first-order valence-corrected chi connectivity index (χ1v) is 14.6. The highest BCUT2D eigenvalue weighted by atomic mass is 32.2. The van der Waals surface area contributed by atoms with Crippen LogP contribution in [0, 0.1) is 6.92 Å². The standard InChI is InChI=1S/C29H32BN3O5S/c1-5-9-18-15-19(10-6-2)25(24(16-18)38-23-12-8-11-22-21(23)13-14-31-22)28(34)33-39(36,37)26-20(7-3)17(4)27(30)32-29(26)35/h8,11-16,31H,5-7,9-10H2,1-4H3,(H,32,35)(H,33,34). The molecule has 1 amide bonds. The van der Waals surface area contributed by atoms with Crippen LogP contribution in [0.15, 0.2) is 52.3 Å². The van der Waals surface area contributed by atoms with Crippen LogP contribution in [-0.4, -0.2) is 32.1 Å². The molecular weight excluding hydrogens is 513 g/mol. The highest BCUT2D eigenvalue weighted by Gasteiger charge is 2.29. The number of fused-ring (bicyclic) bond motifs is 1. The molecule has 0 aliphatic heterocycles. The third kappa shape index (κ3) is 5.66. The number of H-pyrrole nitrogens is 2. The minimum absolute atomic E-state index is 0.0912. The van der Waals surface area contributed by atoms with Gasteiger partial charge >= 0.3 is 0 Å². The van der Waals surface area contributed by atoms with E-state index in [4.69, 9.17) is 12.6 Å². The molecule has 0 aliphatic carbocycles. The van der Waals surface area contributed by atoms with Crippen molar-refractivity contribution in [2.24, 2.45) is 0 Å². The summed E-state index contributed by atoms with van der Waals surface area (Å²) in [5.74, 6) is -0.0850. The molecule has 3 N–H and O–H groups in total. The van der Waals surface area contributed by atoms with Gasteiger partial charge in [0.05, 0.1) is 5.56 Å². The van der Waals surface area contributed by atoms with Gasteiger partial charge in [-0.3, -0.25) is 9.59 Å². The van der Waals surface area contributed by atoms with Crippen molar-refractivity contribution in [3.63, 3.8) is 0 Å². The molecule has 10 heteroatoms. The number of benzene rings is 2. The maximum absolute atomic E-state index is 13.8. The maximum atomic E-state index is 13.8. The lowest BCUT2D eigenvalue weighted by Crippen LogP contribution is -2.38. The van der Waals surface area contributed by atoms with Crippen LogP contribution in [0.3, 0.4) is 0 Å². The van der Waals surface area contributed by atoms with Gasteiger partial charge in [0.25, 0.3) is 21.5 Å². The number of aromatic nitrogens is 2. The van der Waals surface area contributed by atoms with Crippen molar-refractivity contribution < 1.29 is 17.9 Å². The number of aromatic amines is 2. The van der Waals surface area contributed by atoms with Gasteiger partial charge in [0.15, 0.2) is 4.90 Å². The lowest BCUT2D eigenvalue weighted by Gasteiger charge is -2.19. The number of pyridine rings is 1. The van der Waals surface area contributed by atoms with E-state index in [2.05, 4.69) is 21.6 Å². The van der Waals surface area contributed by atoms with Gasteiger partial charge in [0.1, 0.15) is 19.3 Å². The summed E-state index contributed by atoms with van der Waals surface area (Å²) in [6, 6.07) is 11.1. The molecule has 4 rings (SSSR count). The van der Waals surface area contributed by atoms with Gasteiger partial charge in [0, 0.05) is 17.1 Å². The van der Waals surface area contributed by atoms with Gasteiger partial charge in [-0.1, -0.05) is 45.7 Å². The predicted octanol–water partition coefficient (Wildman–Crippen LogP) is 4.34. The molecule has 2 aromatic carbocycles. The Balaban J connectivity index is 1.85. The number of ether oxygens (including phenoxy) is 1. The molecule has 0 bridgehead atoms. The van der Waals surface area contributed by atoms with E-state index in [0.717, 1.165) is 35.7 Å². The van der Waals surface area contributed by atoms with Crippen LogP contribution < -0.4 is 20.6 Å². The van der Waals surface area contributed by atoms with E-state index in [1.165, 1.54) is 0 Å². The fourth-order valence-electron chi connectivity index (χ4n) is 4.91. The summed E-state index contributed by atoms with van der Waals surface area (Å²) in [6.45, 7) is 7.40. The topological polar surface area (TPSA) is 121 Å². The van der Waals surface area contributed by atoms with Crippen LogP contribution in [0.2, 0.25) is 0 Å². The van der Waals surface area contributed by atoms with Crippen molar-refractivity contribution in [2.75, 3.05) is 0 Å². The number of hydrogen-bond acceptors (Lipinski definition) is 5. The normalized spacial score (nSPS) is 11.6. The van der Waals surface area contributed by atoms with Gasteiger partial charge < -0.3 is 14.7 Å². The zero-order valence-corrected chi connectivity index (χ0v) is 23.4. The van der Waals surface area contributed by atoms with Crippen molar-refractivity contribution in [1.82, 2.24) is 14.7 Å². The Hall–Kier alpha value is -3.79. The van der Waals surface area contributed by atoms with Crippen LogP contribution in [0.25, 0.3) is 10.9 Å². The first-order chi connectivity index (χ1) is 18.6. The van der Waals surface area contributed by atoms with Gasteiger partial charge in [-0.15, -0.1) is 0 Å². The fourth-order valence-corrected chi connectivity index (χ4v) is 6.28. The summed E-state index contributed by atoms with van der Waals surface area (Å²) in [4.78, 5) is 31.5. The van der Waals surface area contributed by atoms with Crippen molar-refractivity contribution in [2.45, 2.75) is 64.7 Å². The van der Waals surface area contributed by atoms with Gasteiger partial charge in [-0.25, -0.2) is 13.1 Å². The van der Waals surface area contributed by atoms with Crippen LogP contribution in [0.4, 0.5) is 0 Å². The van der Waals surface area contributed by atoms with E-state index in [9.17, 15) is 18.0 Å². The molecule has 0 unspecified atom stereocenters. The van der Waals surface area contributed by atoms with Crippen LogP contribution in [0.1, 0.15) is 66.2 Å². The number of carbonyl (C=O) groups is 1. The number of carbonyl (C=O) groups excluding carboxylic acids is 1. The highest BCUT2D eigenvalue weighted by molar-refractivity contribution is 7.90. The SMILES string of the molecule is [B]c1[nH]c(=O)c(S(=O)(=O)NC(=O)c2c(CCC)cc(CCC)cc2Oc2cccc3[nH]ccc23)c(CC)c1C. The van der Waals surface area contributed by atoms with E-state index < -0.39 is 26.4 Å². The second-order valence-electron chi connectivity index (χ2n) is 9.51. The summed E-state index contributed by atoms with van der Waals surface area (Å²) in [5, 5.41) is 0.825. The highest BCUT2D eigenvalue weighted by Crippen LogP contribution is 2.35. The third-order valence-electron chi connectivity index (χ3n) is 6.74. The van der Waals surface area contributed by atoms with Gasteiger partial charge in [-0.2, -0.15) is 0 Å². The maximum Gasteiger partial charge on any atom is 0.270 e. The van der Waals surface area contributed by atoms with Gasteiger partial charge in [0.2, 0.25) is 0 Å². The number of sulfonamides is 1. The number of hydrogen-bond donors (Lipinski definition) is 3. The zero-order chi connectivity index (χ0) is 28.3. The Morgan fingerprint density at radius 2 is 1.79 bits per heavy atom. The minimum Gasteiger partial charge on any atom is -0.456 e. The van der Waals surface area contributed by atoms with Crippen LogP contribution >= 0.6 is 0 Å². The quantitative estimate of drug-likeness (QED) is 0.256. The molecule has 2 radical (unpaired) electrons.